The fourth-order valence-electron chi connectivity index (χ4n) is 1.36. The van der Waals surface area contributed by atoms with Crippen molar-refractivity contribution < 1.29 is 4.79 Å². The molecule has 0 aliphatic rings. The molecule has 3 nitrogen and oxygen atoms in total. The Bertz CT molecular complexity index is 211. The summed E-state index contributed by atoms with van der Waals surface area (Å²) in [5, 5.41) is 0. The maximum Gasteiger partial charge on any atom is 0.244 e. The first-order chi connectivity index (χ1) is 6.36. The number of nitrogens with zero attached hydrogens (tertiary/aromatic N) is 1. The topological polar surface area (TPSA) is 46.3 Å². The van der Waals surface area contributed by atoms with E-state index in [0.29, 0.717) is 17.7 Å². The predicted octanol–water partition coefficient (Wildman–Crippen LogP) is 1.54. The second-order valence-electron chi connectivity index (χ2n) is 4.14. The Kier molecular flexibility index (Phi) is 5.46. The van der Waals surface area contributed by atoms with Gasteiger partial charge in [-0.2, -0.15) is 0 Å². The van der Waals surface area contributed by atoms with Crippen molar-refractivity contribution in [3.8, 4) is 0 Å². The van der Waals surface area contributed by atoms with Gasteiger partial charge in [-0.15, -0.1) is 0 Å². The molecule has 0 spiro atoms. The van der Waals surface area contributed by atoms with E-state index in [0.717, 1.165) is 6.54 Å². The van der Waals surface area contributed by atoms with Crippen LogP contribution in [0.3, 0.4) is 0 Å². The normalized spacial score (nSPS) is 13.0. The molecule has 0 unspecified atom stereocenters. The smallest absolute Gasteiger partial charge is 0.244 e. The monoisotopic (exact) mass is 198 g/mol. The van der Waals surface area contributed by atoms with Gasteiger partial charge in [0.25, 0.3) is 0 Å². The van der Waals surface area contributed by atoms with Gasteiger partial charge in [-0.05, 0) is 34.6 Å². The van der Waals surface area contributed by atoms with Crippen LogP contribution in [-0.2, 0) is 4.79 Å². The van der Waals surface area contributed by atoms with E-state index in [1.807, 2.05) is 6.08 Å². The molecule has 3 heteroatoms. The first kappa shape index (κ1) is 13.2. The van der Waals surface area contributed by atoms with Crippen molar-refractivity contribution in [3.63, 3.8) is 0 Å². The van der Waals surface area contributed by atoms with Crippen molar-refractivity contribution in [2.45, 2.75) is 46.7 Å². The summed E-state index contributed by atoms with van der Waals surface area (Å²) in [4.78, 5) is 13.1. The number of carbonyl (C=O) groups excluding carboxylic acids is 1. The van der Waals surface area contributed by atoms with Crippen LogP contribution in [0, 0.1) is 0 Å². The minimum absolute atomic E-state index is 0.336. The zero-order valence-electron chi connectivity index (χ0n) is 9.87. The molecule has 0 saturated heterocycles. The van der Waals surface area contributed by atoms with E-state index in [9.17, 15) is 4.79 Å². The van der Waals surface area contributed by atoms with Gasteiger partial charge in [-0.25, -0.2) is 0 Å². The maximum absolute atomic E-state index is 10.8. The number of rotatable bonds is 5. The first-order valence-electron chi connectivity index (χ1n) is 5.08. The lowest BCUT2D eigenvalue weighted by molar-refractivity contribution is -0.114. The van der Waals surface area contributed by atoms with Crippen LogP contribution in [0.25, 0.3) is 0 Å². The number of hydrogen-bond acceptors (Lipinski definition) is 2. The molecule has 0 radical (unpaired) electrons. The molecule has 0 fully saturated rings. The quantitative estimate of drug-likeness (QED) is 0.681. The highest BCUT2D eigenvalue weighted by molar-refractivity contribution is 5.91. The van der Waals surface area contributed by atoms with Gasteiger partial charge in [0.15, 0.2) is 0 Å². The van der Waals surface area contributed by atoms with Gasteiger partial charge in [-0.1, -0.05) is 6.08 Å². The van der Waals surface area contributed by atoms with Gasteiger partial charge in [0.1, 0.15) is 0 Å². The van der Waals surface area contributed by atoms with Crippen LogP contribution in [0.5, 0.6) is 0 Å². The third-order valence-electron chi connectivity index (χ3n) is 2.32. The first-order valence-corrected chi connectivity index (χ1v) is 5.08. The summed E-state index contributed by atoms with van der Waals surface area (Å²) >= 11 is 0. The van der Waals surface area contributed by atoms with Gasteiger partial charge in [0.05, 0.1) is 0 Å². The summed E-state index contributed by atoms with van der Waals surface area (Å²) < 4.78 is 0. The summed E-state index contributed by atoms with van der Waals surface area (Å²) in [7, 11) is 0. The van der Waals surface area contributed by atoms with Crippen molar-refractivity contribution in [2.75, 3.05) is 6.54 Å². The lowest BCUT2D eigenvalue weighted by Crippen LogP contribution is -2.37. The summed E-state index contributed by atoms with van der Waals surface area (Å²) in [6, 6.07) is 0.957. The van der Waals surface area contributed by atoms with Gasteiger partial charge in [0, 0.05) is 24.2 Å². The van der Waals surface area contributed by atoms with Crippen LogP contribution >= 0.6 is 0 Å². The van der Waals surface area contributed by atoms with Crippen molar-refractivity contribution in [1.29, 1.82) is 0 Å². The molecule has 0 heterocycles. The van der Waals surface area contributed by atoms with E-state index >= 15 is 0 Å². The molecule has 82 valence electrons. The largest absolute Gasteiger partial charge is 0.366 e. The molecule has 0 rings (SSSR count). The van der Waals surface area contributed by atoms with Crippen LogP contribution in [0.1, 0.15) is 34.6 Å². The molecule has 0 aromatic carbocycles. The van der Waals surface area contributed by atoms with E-state index < -0.39 is 0 Å². The summed E-state index contributed by atoms with van der Waals surface area (Å²) in [6.45, 7) is 11.1. The Labute approximate surface area is 87.0 Å². The molecule has 0 aromatic heterocycles. The van der Waals surface area contributed by atoms with Crippen molar-refractivity contribution >= 4 is 5.91 Å². The van der Waals surface area contributed by atoms with Gasteiger partial charge in [0.2, 0.25) is 5.91 Å². The minimum atomic E-state index is -0.336. The van der Waals surface area contributed by atoms with Crippen molar-refractivity contribution in [3.05, 3.63) is 11.6 Å². The fraction of sp³-hybridized carbons (Fsp3) is 0.727. The third kappa shape index (κ3) is 4.42. The van der Waals surface area contributed by atoms with Crippen LogP contribution in [0.15, 0.2) is 11.6 Å². The molecule has 0 bridgehead atoms. The lowest BCUT2D eigenvalue weighted by Gasteiger charge is -2.29. The van der Waals surface area contributed by atoms with Crippen LogP contribution in [-0.4, -0.2) is 29.4 Å². The third-order valence-corrected chi connectivity index (χ3v) is 2.32. The van der Waals surface area contributed by atoms with Gasteiger partial charge < -0.3 is 5.73 Å². The molecule has 1 amide bonds. The lowest BCUT2D eigenvalue weighted by atomic mass is 10.2. The van der Waals surface area contributed by atoms with E-state index in [1.165, 1.54) is 0 Å². The van der Waals surface area contributed by atoms with E-state index in [2.05, 4.69) is 32.6 Å². The van der Waals surface area contributed by atoms with Gasteiger partial charge in [-0.3, -0.25) is 9.69 Å². The van der Waals surface area contributed by atoms with E-state index in [1.54, 1.807) is 6.92 Å². The Balaban J connectivity index is 4.33. The molecule has 14 heavy (non-hydrogen) atoms. The number of carbonyl (C=O) groups is 1. The number of hydrogen-bond donors (Lipinski definition) is 1. The van der Waals surface area contributed by atoms with Gasteiger partial charge >= 0.3 is 0 Å². The highest BCUT2D eigenvalue weighted by atomic mass is 16.1. The molecule has 0 aliphatic carbocycles. The number of primary amides is 1. The predicted molar refractivity (Wildman–Crippen MR) is 59.9 cm³/mol. The molecule has 0 aliphatic heterocycles. The minimum Gasteiger partial charge on any atom is -0.366 e. The van der Waals surface area contributed by atoms with Crippen LogP contribution in [0.2, 0.25) is 0 Å². The molecule has 0 aromatic rings. The average Bonchev–Trinajstić information content (AvgIpc) is 2.02. The number of nitrogens with two attached hydrogens (primary N) is 1. The summed E-state index contributed by atoms with van der Waals surface area (Å²) in [5.41, 5.74) is 5.78. The second kappa shape index (κ2) is 5.81. The Hall–Kier alpha value is -0.830. The summed E-state index contributed by atoms with van der Waals surface area (Å²) in [6.07, 6.45) is 1.89. The molecular formula is C11H22N2O. The van der Waals surface area contributed by atoms with Crippen molar-refractivity contribution in [2.24, 2.45) is 5.73 Å². The van der Waals surface area contributed by atoms with Crippen LogP contribution < -0.4 is 5.73 Å². The van der Waals surface area contributed by atoms with Crippen LogP contribution in [0.4, 0.5) is 0 Å². The molecule has 0 saturated carbocycles. The highest BCUT2D eigenvalue weighted by Crippen LogP contribution is 2.05. The summed E-state index contributed by atoms with van der Waals surface area (Å²) in [5.74, 6) is -0.336. The molecule has 2 N–H and O–H groups in total. The number of amides is 1. The molecule has 0 atom stereocenters. The SMILES string of the molecule is CC(=CCN(C(C)C)C(C)C)C(N)=O. The van der Waals surface area contributed by atoms with Crippen molar-refractivity contribution in [1.82, 2.24) is 4.90 Å². The molecular weight excluding hydrogens is 176 g/mol. The second-order valence-corrected chi connectivity index (χ2v) is 4.14. The average molecular weight is 198 g/mol. The standard InChI is InChI=1S/C11H22N2O/c1-8(2)13(9(3)4)7-6-10(5)11(12)14/h6,8-9H,7H2,1-5H3,(H2,12,14). The van der Waals surface area contributed by atoms with E-state index in [-0.39, 0.29) is 5.91 Å². The Morgan fingerprint density at radius 3 is 2.00 bits per heavy atom. The fourth-order valence-corrected chi connectivity index (χ4v) is 1.36. The zero-order chi connectivity index (χ0) is 11.3. The Morgan fingerprint density at radius 1 is 1.29 bits per heavy atom. The highest BCUT2D eigenvalue weighted by Gasteiger charge is 2.11. The van der Waals surface area contributed by atoms with E-state index in [4.69, 9.17) is 5.73 Å². The zero-order valence-corrected chi connectivity index (χ0v) is 9.87. The maximum atomic E-state index is 10.8. The Morgan fingerprint density at radius 2 is 1.71 bits per heavy atom.